The van der Waals surface area contributed by atoms with E-state index in [1.165, 1.54) is 17.0 Å². The lowest BCUT2D eigenvalue weighted by Crippen LogP contribution is -2.42. The maximum Gasteiger partial charge on any atom is 0.410 e. The van der Waals surface area contributed by atoms with Gasteiger partial charge in [0.1, 0.15) is 16.2 Å². The Labute approximate surface area is 178 Å². The van der Waals surface area contributed by atoms with Crippen LogP contribution in [0.15, 0.2) is 57.9 Å². The maximum absolute atomic E-state index is 13.7. The molecule has 0 aliphatic carbocycles. The summed E-state index contributed by atoms with van der Waals surface area (Å²) in [7, 11) is -3.92. The number of amides is 1. The first kappa shape index (κ1) is 21.8. The van der Waals surface area contributed by atoms with Crippen molar-refractivity contribution in [2.45, 2.75) is 42.4 Å². The average molecular weight is 484 g/mol. The quantitative estimate of drug-likeness (QED) is 0.582. The Kier molecular flexibility index (Phi) is 5.80. The van der Waals surface area contributed by atoms with Crippen molar-refractivity contribution in [2.24, 2.45) is 0 Å². The standard InChI is InChI=1S/C21H23BrFNO4S/c1-20(2,3)28-19(25)24-13-12-21(14-24,15-4-6-16(22)7-5-15)29(26,27)18-10-8-17(23)9-11-18/h4-11H,12-14H2,1-3H3/t21-/m0/s1. The summed E-state index contributed by atoms with van der Waals surface area (Å²) in [4.78, 5) is 14.0. The Bertz CT molecular complexity index is 1000. The number of nitrogens with zero attached hydrogens (tertiary/aromatic N) is 1. The van der Waals surface area contributed by atoms with Gasteiger partial charge in [-0.15, -0.1) is 0 Å². The number of ether oxygens (including phenoxy) is 1. The van der Waals surface area contributed by atoms with E-state index in [1.807, 2.05) is 0 Å². The van der Waals surface area contributed by atoms with E-state index >= 15 is 0 Å². The van der Waals surface area contributed by atoms with Crippen LogP contribution in [0.3, 0.4) is 0 Å². The highest BCUT2D eigenvalue weighted by Crippen LogP contribution is 2.44. The van der Waals surface area contributed by atoms with Crippen LogP contribution in [0.2, 0.25) is 0 Å². The van der Waals surface area contributed by atoms with E-state index in [0.29, 0.717) is 5.56 Å². The molecule has 8 heteroatoms. The third-order valence-corrected chi connectivity index (χ3v) is 7.91. The molecule has 156 valence electrons. The van der Waals surface area contributed by atoms with Crippen LogP contribution in [0.4, 0.5) is 9.18 Å². The van der Waals surface area contributed by atoms with E-state index in [9.17, 15) is 17.6 Å². The fourth-order valence-electron chi connectivity index (χ4n) is 3.47. The molecule has 0 N–H and O–H groups in total. The van der Waals surface area contributed by atoms with Crippen LogP contribution in [-0.4, -0.2) is 38.1 Å². The van der Waals surface area contributed by atoms with E-state index in [-0.39, 0.29) is 24.4 Å². The lowest BCUT2D eigenvalue weighted by atomic mass is 9.97. The molecule has 2 aromatic carbocycles. The second-order valence-electron chi connectivity index (χ2n) is 8.11. The number of rotatable bonds is 3. The topological polar surface area (TPSA) is 63.7 Å². The highest BCUT2D eigenvalue weighted by atomic mass is 79.9. The van der Waals surface area contributed by atoms with E-state index in [4.69, 9.17) is 4.74 Å². The van der Waals surface area contributed by atoms with Crippen molar-refractivity contribution in [3.63, 3.8) is 0 Å². The summed E-state index contributed by atoms with van der Waals surface area (Å²) >= 11 is 3.37. The first-order valence-electron chi connectivity index (χ1n) is 9.19. The SMILES string of the molecule is CC(C)(C)OC(=O)N1CC[C@](c2ccc(Br)cc2)(S(=O)(=O)c2ccc(F)cc2)C1. The van der Waals surface area contributed by atoms with Crippen molar-refractivity contribution in [1.29, 1.82) is 0 Å². The minimum Gasteiger partial charge on any atom is -0.444 e. The van der Waals surface area contributed by atoms with Gasteiger partial charge in [0.05, 0.1) is 4.90 Å². The molecule has 0 radical (unpaired) electrons. The monoisotopic (exact) mass is 483 g/mol. The molecule has 1 heterocycles. The van der Waals surface area contributed by atoms with Gasteiger partial charge in [0.15, 0.2) is 9.84 Å². The molecule has 0 aromatic heterocycles. The van der Waals surface area contributed by atoms with E-state index < -0.39 is 32.1 Å². The van der Waals surface area contributed by atoms with Crippen molar-refractivity contribution in [3.8, 4) is 0 Å². The molecule has 1 aliphatic heterocycles. The van der Waals surface area contributed by atoms with Crippen LogP contribution in [0.25, 0.3) is 0 Å². The number of halogens is 2. The summed E-state index contributed by atoms with van der Waals surface area (Å²) in [5, 5.41) is 0. The minimum absolute atomic E-state index is 0.0212. The smallest absolute Gasteiger partial charge is 0.410 e. The van der Waals surface area contributed by atoms with Crippen molar-refractivity contribution >= 4 is 31.9 Å². The van der Waals surface area contributed by atoms with Crippen LogP contribution < -0.4 is 0 Å². The molecule has 2 aromatic rings. The first-order chi connectivity index (χ1) is 13.4. The van der Waals surface area contributed by atoms with Crippen molar-refractivity contribution < 1.29 is 22.3 Å². The summed E-state index contributed by atoms with van der Waals surface area (Å²) in [6.07, 6.45) is -0.334. The molecule has 0 saturated carbocycles. The number of likely N-dealkylation sites (tertiary alicyclic amines) is 1. The normalized spacial score (nSPS) is 20.0. The summed E-state index contributed by atoms with van der Waals surface area (Å²) < 4.78 is 45.7. The number of carbonyl (C=O) groups is 1. The highest BCUT2D eigenvalue weighted by molar-refractivity contribution is 9.10. The van der Waals surface area contributed by atoms with Gasteiger partial charge in [0, 0.05) is 17.6 Å². The van der Waals surface area contributed by atoms with Crippen LogP contribution in [-0.2, 0) is 19.3 Å². The number of carbonyl (C=O) groups excluding carboxylic acids is 1. The largest absolute Gasteiger partial charge is 0.444 e. The van der Waals surface area contributed by atoms with Gasteiger partial charge in [-0.05, 0) is 69.2 Å². The summed E-state index contributed by atoms with van der Waals surface area (Å²) in [6, 6.07) is 11.8. The molecule has 3 rings (SSSR count). The fraction of sp³-hybridized carbons (Fsp3) is 0.381. The minimum atomic E-state index is -3.92. The molecule has 1 amide bonds. The number of hydrogen-bond donors (Lipinski definition) is 0. The van der Waals surface area contributed by atoms with Crippen molar-refractivity contribution in [3.05, 3.63) is 64.4 Å². The first-order valence-corrected chi connectivity index (χ1v) is 11.5. The van der Waals surface area contributed by atoms with Gasteiger partial charge in [-0.3, -0.25) is 0 Å². The zero-order chi connectivity index (χ0) is 21.4. The lowest BCUT2D eigenvalue weighted by Gasteiger charge is -2.30. The summed E-state index contributed by atoms with van der Waals surface area (Å²) in [6.45, 7) is 5.49. The Morgan fingerprint density at radius 1 is 1.10 bits per heavy atom. The molecule has 5 nitrogen and oxygen atoms in total. The second-order valence-corrected chi connectivity index (χ2v) is 11.3. The lowest BCUT2D eigenvalue weighted by molar-refractivity contribution is 0.0290. The fourth-order valence-corrected chi connectivity index (χ4v) is 5.81. The highest BCUT2D eigenvalue weighted by Gasteiger charge is 2.52. The van der Waals surface area contributed by atoms with Gasteiger partial charge < -0.3 is 9.64 Å². The Morgan fingerprint density at radius 2 is 1.69 bits per heavy atom. The zero-order valence-electron chi connectivity index (χ0n) is 16.5. The molecular formula is C21H23BrFNO4S. The number of sulfone groups is 1. The van der Waals surface area contributed by atoms with Crippen molar-refractivity contribution in [2.75, 3.05) is 13.1 Å². The van der Waals surface area contributed by atoms with Crippen LogP contribution in [0, 0.1) is 5.82 Å². The second kappa shape index (κ2) is 7.72. The Balaban J connectivity index is 2.06. The molecule has 1 fully saturated rings. The summed E-state index contributed by atoms with van der Waals surface area (Å²) in [5.41, 5.74) is -0.105. The van der Waals surface area contributed by atoms with Crippen LogP contribution >= 0.6 is 15.9 Å². The van der Waals surface area contributed by atoms with Crippen molar-refractivity contribution in [1.82, 2.24) is 4.90 Å². The predicted molar refractivity (Wildman–Crippen MR) is 112 cm³/mol. The van der Waals surface area contributed by atoms with Gasteiger partial charge >= 0.3 is 6.09 Å². The molecule has 0 unspecified atom stereocenters. The van der Waals surface area contributed by atoms with E-state index in [1.54, 1.807) is 45.0 Å². The van der Waals surface area contributed by atoms with Crippen LogP contribution in [0.1, 0.15) is 32.8 Å². The molecular weight excluding hydrogens is 461 g/mol. The molecule has 1 atom stereocenters. The van der Waals surface area contributed by atoms with Gasteiger partial charge in [0.2, 0.25) is 0 Å². The average Bonchev–Trinajstić information content (AvgIpc) is 3.09. The zero-order valence-corrected chi connectivity index (χ0v) is 18.9. The number of benzene rings is 2. The van der Waals surface area contributed by atoms with Crippen LogP contribution in [0.5, 0.6) is 0 Å². The molecule has 1 aliphatic rings. The Hall–Kier alpha value is -1.93. The Morgan fingerprint density at radius 3 is 2.24 bits per heavy atom. The van der Waals surface area contributed by atoms with Gasteiger partial charge in [0.25, 0.3) is 0 Å². The molecule has 0 bridgehead atoms. The molecule has 0 spiro atoms. The van der Waals surface area contributed by atoms with E-state index in [2.05, 4.69) is 15.9 Å². The van der Waals surface area contributed by atoms with Gasteiger partial charge in [-0.1, -0.05) is 28.1 Å². The number of hydrogen-bond acceptors (Lipinski definition) is 4. The predicted octanol–water partition coefficient (Wildman–Crippen LogP) is 4.90. The molecule has 29 heavy (non-hydrogen) atoms. The maximum atomic E-state index is 13.7. The third-order valence-electron chi connectivity index (χ3n) is 4.89. The van der Waals surface area contributed by atoms with Gasteiger partial charge in [-0.2, -0.15) is 0 Å². The molecule has 1 saturated heterocycles. The van der Waals surface area contributed by atoms with E-state index in [0.717, 1.165) is 16.6 Å². The van der Waals surface area contributed by atoms with Gasteiger partial charge in [-0.25, -0.2) is 17.6 Å². The third kappa shape index (κ3) is 4.33. The summed E-state index contributed by atoms with van der Waals surface area (Å²) in [5.74, 6) is -0.511.